The summed E-state index contributed by atoms with van der Waals surface area (Å²) < 4.78 is 4.75. The zero-order chi connectivity index (χ0) is 8.27. The lowest BCUT2D eigenvalue weighted by Crippen LogP contribution is -2.29. The van der Waals surface area contributed by atoms with E-state index in [1.54, 1.807) is 6.07 Å². The van der Waals surface area contributed by atoms with Crippen molar-refractivity contribution in [2.45, 2.75) is 19.4 Å². The van der Waals surface area contributed by atoms with Gasteiger partial charge in [-0.2, -0.15) is 0 Å². The molecule has 0 amide bonds. The molecule has 1 aromatic heterocycles. The number of carbonyl (C=O) groups excluding carboxylic acids is 1. The molecule has 3 heteroatoms. The molecule has 0 saturated heterocycles. The van der Waals surface area contributed by atoms with E-state index in [1.165, 1.54) is 12.5 Å². The van der Waals surface area contributed by atoms with Crippen LogP contribution in [0.3, 0.4) is 0 Å². The van der Waals surface area contributed by atoms with Gasteiger partial charge in [0.15, 0.2) is 5.78 Å². The van der Waals surface area contributed by atoms with Crippen LogP contribution in [0.4, 0.5) is 0 Å². The number of hydrogen-bond donors (Lipinski definition) is 1. The summed E-state index contributed by atoms with van der Waals surface area (Å²) in [7, 11) is 0. The van der Waals surface area contributed by atoms with Crippen LogP contribution >= 0.6 is 0 Å². The molecule has 1 aromatic rings. The fourth-order valence-electron chi connectivity index (χ4n) is 0.804. The van der Waals surface area contributed by atoms with Gasteiger partial charge in [0, 0.05) is 0 Å². The van der Waals surface area contributed by atoms with E-state index >= 15 is 0 Å². The molecule has 1 atom stereocenters. The fourth-order valence-corrected chi connectivity index (χ4v) is 0.804. The van der Waals surface area contributed by atoms with Crippen molar-refractivity contribution in [2.24, 2.45) is 5.73 Å². The van der Waals surface area contributed by atoms with Crippen molar-refractivity contribution in [2.75, 3.05) is 0 Å². The van der Waals surface area contributed by atoms with Crippen LogP contribution < -0.4 is 5.73 Å². The molecule has 11 heavy (non-hydrogen) atoms. The molecule has 1 heterocycles. The molecule has 0 fully saturated rings. The van der Waals surface area contributed by atoms with Crippen LogP contribution in [0.1, 0.15) is 23.7 Å². The zero-order valence-corrected chi connectivity index (χ0v) is 6.41. The second-order valence-electron chi connectivity index (χ2n) is 2.39. The van der Waals surface area contributed by atoms with Gasteiger partial charge in [0.25, 0.3) is 0 Å². The highest BCUT2D eigenvalue weighted by molar-refractivity contribution is 5.99. The Bertz CT molecular complexity index is 228. The van der Waals surface area contributed by atoms with Gasteiger partial charge in [0.1, 0.15) is 6.26 Å². The van der Waals surface area contributed by atoms with Crippen LogP contribution in [0.15, 0.2) is 23.0 Å². The molecule has 0 aliphatic carbocycles. The normalized spacial score (nSPS) is 12.9. The third kappa shape index (κ3) is 1.68. The third-order valence-corrected chi connectivity index (χ3v) is 1.58. The Labute approximate surface area is 65.2 Å². The molecule has 1 unspecified atom stereocenters. The molecule has 0 saturated carbocycles. The lowest BCUT2D eigenvalue weighted by atomic mass is 10.1. The van der Waals surface area contributed by atoms with Crippen LogP contribution in [0, 0.1) is 0 Å². The standard InChI is InChI=1S/C8H11NO2/c1-2-7(9)8(10)6-3-4-11-5-6/h3-5,7H,2,9H2,1H3. The summed E-state index contributed by atoms with van der Waals surface area (Å²) in [5.41, 5.74) is 6.07. The fraction of sp³-hybridized carbons (Fsp3) is 0.375. The van der Waals surface area contributed by atoms with Gasteiger partial charge in [0.2, 0.25) is 0 Å². The van der Waals surface area contributed by atoms with Crippen molar-refractivity contribution in [3.8, 4) is 0 Å². The Morgan fingerprint density at radius 2 is 2.55 bits per heavy atom. The molecule has 0 aliphatic rings. The third-order valence-electron chi connectivity index (χ3n) is 1.58. The van der Waals surface area contributed by atoms with Crippen molar-refractivity contribution in [3.63, 3.8) is 0 Å². The molecular formula is C8H11NO2. The minimum absolute atomic E-state index is 0.0544. The van der Waals surface area contributed by atoms with E-state index in [2.05, 4.69) is 0 Å². The first-order valence-corrected chi connectivity index (χ1v) is 3.57. The van der Waals surface area contributed by atoms with Gasteiger partial charge < -0.3 is 10.2 Å². The largest absolute Gasteiger partial charge is 0.472 e. The summed E-state index contributed by atoms with van der Waals surface area (Å²) in [4.78, 5) is 11.3. The number of nitrogens with two attached hydrogens (primary N) is 1. The zero-order valence-electron chi connectivity index (χ0n) is 6.41. The predicted molar refractivity (Wildman–Crippen MR) is 41.3 cm³/mol. The minimum atomic E-state index is -0.396. The highest BCUT2D eigenvalue weighted by Crippen LogP contribution is 2.04. The molecule has 0 spiro atoms. The van der Waals surface area contributed by atoms with Crippen molar-refractivity contribution in [1.29, 1.82) is 0 Å². The van der Waals surface area contributed by atoms with Crippen LogP contribution in [0.5, 0.6) is 0 Å². The topological polar surface area (TPSA) is 56.2 Å². The maximum absolute atomic E-state index is 11.3. The maximum atomic E-state index is 11.3. The number of rotatable bonds is 3. The molecule has 2 N–H and O–H groups in total. The molecule has 0 aromatic carbocycles. The van der Waals surface area contributed by atoms with Crippen LogP contribution in [0.25, 0.3) is 0 Å². The first kappa shape index (κ1) is 8.01. The smallest absolute Gasteiger partial charge is 0.182 e. The number of ketones is 1. The summed E-state index contributed by atoms with van der Waals surface area (Å²) in [5, 5.41) is 0. The number of furan rings is 1. The van der Waals surface area contributed by atoms with Crippen molar-refractivity contribution in [1.82, 2.24) is 0 Å². The summed E-state index contributed by atoms with van der Waals surface area (Å²) in [6, 6.07) is 1.23. The van der Waals surface area contributed by atoms with Gasteiger partial charge in [-0.25, -0.2) is 0 Å². The van der Waals surface area contributed by atoms with Gasteiger partial charge in [-0.1, -0.05) is 6.92 Å². The molecule has 1 rings (SSSR count). The minimum Gasteiger partial charge on any atom is -0.472 e. The van der Waals surface area contributed by atoms with E-state index in [0.717, 1.165) is 0 Å². The second-order valence-corrected chi connectivity index (χ2v) is 2.39. The molecule has 0 radical (unpaired) electrons. The lowest BCUT2D eigenvalue weighted by Gasteiger charge is -2.03. The van der Waals surface area contributed by atoms with Crippen molar-refractivity contribution < 1.29 is 9.21 Å². The van der Waals surface area contributed by atoms with Gasteiger partial charge in [0.05, 0.1) is 17.9 Å². The van der Waals surface area contributed by atoms with Gasteiger partial charge in [-0.3, -0.25) is 4.79 Å². The first-order valence-electron chi connectivity index (χ1n) is 3.57. The number of hydrogen-bond acceptors (Lipinski definition) is 3. The number of carbonyl (C=O) groups is 1. The van der Waals surface area contributed by atoms with Crippen LogP contribution in [-0.4, -0.2) is 11.8 Å². The van der Waals surface area contributed by atoms with E-state index in [4.69, 9.17) is 10.2 Å². The average Bonchev–Trinajstić information content (AvgIpc) is 2.53. The van der Waals surface area contributed by atoms with E-state index < -0.39 is 6.04 Å². The molecule has 0 bridgehead atoms. The SMILES string of the molecule is CCC(N)C(=O)c1ccoc1. The monoisotopic (exact) mass is 153 g/mol. The molecule has 60 valence electrons. The molecule has 3 nitrogen and oxygen atoms in total. The first-order chi connectivity index (χ1) is 5.25. The predicted octanol–water partition coefficient (Wildman–Crippen LogP) is 1.20. The van der Waals surface area contributed by atoms with E-state index in [0.29, 0.717) is 12.0 Å². The van der Waals surface area contributed by atoms with E-state index in [-0.39, 0.29) is 5.78 Å². The summed E-state index contributed by atoms with van der Waals surface area (Å²) in [6.45, 7) is 1.88. The molecule has 0 aliphatic heterocycles. The summed E-state index contributed by atoms with van der Waals surface area (Å²) >= 11 is 0. The highest BCUT2D eigenvalue weighted by Gasteiger charge is 2.13. The quantitative estimate of drug-likeness (QED) is 0.664. The van der Waals surface area contributed by atoms with Crippen LogP contribution in [-0.2, 0) is 0 Å². The Morgan fingerprint density at radius 3 is 3.00 bits per heavy atom. The number of Topliss-reactive ketones (excluding diaryl/α,β-unsaturated/α-hetero) is 1. The van der Waals surface area contributed by atoms with Gasteiger partial charge in [-0.05, 0) is 12.5 Å². The highest BCUT2D eigenvalue weighted by atomic mass is 16.3. The van der Waals surface area contributed by atoms with E-state index in [9.17, 15) is 4.79 Å². The van der Waals surface area contributed by atoms with Gasteiger partial charge in [-0.15, -0.1) is 0 Å². The Balaban J connectivity index is 2.70. The summed E-state index contributed by atoms with van der Waals surface area (Å²) in [5.74, 6) is -0.0544. The average molecular weight is 153 g/mol. The second kappa shape index (κ2) is 3.34. The maximum Gasteiger partial charge on any atom is 0.182 e. The Morgan fingerprint density at radius 1 is 1.82 bits per heavy atom. The van der Waals surface area contributed by atoms with E-state index in [1.807, 2.05) is 6.92 Å². The Hall–Kier alpha value is -1.09. The Kier molecular flexibility index (Phi) is 2.44. The molecular weight excluding hydrogens is 142 g/mol. The van der Waals surface area contributed by atoms with Crippen molar-refractivity contribution in [3.05, 3.63) is 24.2 Å². The summed E-state index contributed by atoms with van der Waals surface area (Å²) in [6.07, 6.45) is 3.54. The van der Waals surface area contributed by atoms with Crippen LogP contribution in [0.2, 0.25) is 0 Å². The lowest BCUT2D eigenvalue weighted by molar-refractivity contribution is 0.0959. The van der Waals surface area contributed by atoms with Gasteiger partial charge >= 0.3 is 0 Å². The van der Waals surface area contributed by atoms with Crippen molar-refractivity contribution >= 4 is 5.78 Å².